The first-order valence-electron chi connectivity index (χ1n) is 11.6. The van der Waals surface area contributed by atoms with Crippen LogP contribution in [-0.4, -0.2) is 41.4 Å². The van der Waals surface area contributed by atoms with Crippen LogP contribution < -0.4 is 32.9 Å². The zero-order chi connectivity index (χ0) is 27.3. The summed E-state index contributed by atoms with van der Waals surface area (Å²) < 4.78 is 10.4. The van der Waals surface area contributed by atoms with Crippen molar-refractivity contribution in [3.05, 3.63) is 117 Å². The highest BCUT2D eigenvalue weighted by molar-refractivity contribution is 7.96. The zero-order valence-corrected chi connectivity index (χ0v) is 21.6. The molecule has 4 rings (SSSR count). The van der Waals surface area contributed by atoms with Crippen LogP contribution in [0.1, 0.15) is 11.5 Å². The number of methoxy groups -OCH3 is 2. The normalized spacial score (nSPS) is 11.8. The molecule has 3 aromatic carbocycles. The fraction of sp³-hybridized carbons (Fsp3) is 0.107. The van der Waals surface area contributed by atoms with Crippen LogP contribution in [0.5, 0.6) is 0 Å². The Kier molecular flexibility index (Phi) is 7.79. The van der Waals surface area contributed by atoms with Crippen LogP contribution in [0.4, 0.5) is 5.82 Å². The number of benzene rings is 3. The van der Waals surface area contributed by atoms with Gasteiger partial charge in [0.25, 0.3) is 5.56 Å². The number of nitrogen functional groups attached to an aromatic ring is 1. The van der Waals surface area contributed by atoms with Crippen LogP contribution in [0, 0.1) is 0 Å². The van der Waals surface area contributed by atoms with Crippen LogP contribution in [0.25, 0.3) is 0 Å². The summed E-state index contributed by atoms with van der Waals surface area (Å²) >= 11 is 0. The first-order chi connectivity index (χ1) is 18.4. The van der Waals surface area contributed by atoms with Crippen LogP contribution in [-0.2, 0) is 19.1 Å². The summed E-state index contributed by atoms with van der Waals surface area (Å²) in [4.78, 5) is 57.1. The predicted molar refractivity (Wildman–Crippen MR) is 149 cm³/mol. The number of nitrogens with two attached hydrogens (primary N) is 1. The van der Waals surface area contributed by atoms with Crippen molar-refractivity contribution < 1.29 is 19.1 Å². The van der Waals surface area contributed by atoms with Gasteiger partial charge in [-0.2, -0.15) is 0 Å². The second kappa shape index (κ2) is 11.2. The average Bonchev–Trinajstić information content (AvgIpc) is 2.94. The van der Waals surface area contributed by atoms with Crippen molar-refractivity contribution in [3.63, 3.8) is 0 Å². The quantitative estimate of drug-likeness (QED) is 0.240. The Morgan fingerprint density at radius 2 is 1.18 bits per heavy atom. The van der Waals surface area contributed by atoms with Gasteiger partial charge in [-0.3, -0.25) is 19.6 Å². The summed E-state index contributed by atoms with van der Waals surface area (Å²) in [5.41, 5.74) is 4.03. The molecule has 194 valence electrons. The molecule has 1 atom stereocenters. The monoisotopic (exact) mass is 531 g/mol. The number of carbonyl (C=O) groups is 2. The minimum atomic E-state index is -3.24. The maximum Gasteiger partial charge on any atom is 0.336 e. The molecule has 1 unspecified atom stereocenters. The molecule has 0 radical (unpaired) electrons. The van der Waals surface area contributed by atoms with Gasteiger partial charge in [0.1, 0.15) is 11.7 Å². The molecule has 0 fully saturated rings. The van der Waals surface area contributed by atoms with E-state index in [4.69, 9.17) is 15.2 Å². The van der Waals surface area contributed by atoms with Crippen molar-refractivity contribution in [2.45, 2.75) is 5.92 Å². The molecule has 0 saturated heterocycles. The lowest BCUT2D eigenvalue weighted by atomic mass is 9.97. The number of rotatable bonds is 7. The summed E-state index contributed by atoms with van der Waals surface area (Å²) in [6, 6.07) is 27.7. The van der Waals surface area contributed by atoms with Gasteiger partial charge in [-0.25, -0.2) is 9.59 Å². The van der Waals surface area contributed by atoms with Gasteiger partial charge in [0, 0.05) is 0 Å². The number of anilines is 1. The molecular formula is C28H26N3O6P. The topological polar surface area (TPSA) is 144 Å². The molecule has 4 aromatic rings. The smallest absolute Gasteiger partial charge is 0.336 e. The predicted octanol–water partition coefficient (Wildman–Crippen LogP) is 1.24. The maximum atomic E-state index is 13.9. The standard InChI is InChI=1S/C28H26N3O6P/c1-36-26(33)21(22-24(29)30-28(35)31-25(22)32)23(27(34)37-2)38(18-12-6-3-7-13-18,19-14-8-4-9-15-19)20-16-10-5-11-17-20/h3-17,21H,1-2H3,(H4,29,30,31,32,35). The molecule has 10 heteroatoms. The number of aromatic amines is 2. The average molecular weight is 532 g/mol. The molecule has 0 saturated carbocycles. The van der Waals surface area contributed by atoms with Gasteiger partial charge in [-0.15, -0.1) is 0 Å². The van der Waals surface area contributed by atoms with Crippen LogP contribution >= 0.6 is 6.89 Å². The number of carbonyl (C=O) groups excluding carboxylic acids is 2. The first kappa shape index (κ1) is 26.4. The van der Waals surface area contributed by atoms with E-state index in [1.165, 1.54) is 7.11 Å². The molecule has 1 aromatic heterocycles. The van der Waals surface area contributed by atoms with E-state index in [9.17, 15) is 19.2 Å². The van der Waals surface area contributed by atoms with Crippen LogP contribution in [0.3, 0.4) is 0 Å². The van der Waals surface area contributed by atoms with Crippen molar-refractivity contribution >= 4 is 45.8 Å². The molecule has 0 amide bonds. The molecule has 38 heavy (non-hydrogen) atoms. The van der Waals surface area contributed by atoms with E-state index in [-0.39, 0.29) is 16.7 Å². The fourth-order valence-electron chi connectivity index (χ4n) is 4.66. The molecule has 0 aliphatic heterocycles. The summed E-state index contributed by atoms with van der Waals surface area (Å²) in [6.07, 6.45) is 0. The maximum absolute atomic E-state index is 13.9. The van der Waals surface area contributed by atoms with Gasteiger partial charge < -0.3 is 15.2 Å². The highest BCUT2D eigenvalue weighted by Crippen LogP contribution is 2.49. The molecule has 0 spiro atoms. The lowest BCUT2D eigenvalue weighted by Gasteiger charge is -2.34. The summed E-state index contributed by atoms with van der Waals surface area (Å²) in [5.74, 6) is -3.71. The molecular weight excluding hydrogens is 505 g/mol. The number of esters is 2. The van der Waals surface area contributed by atoms with Gasteiger partial charge in [-0.1, -0.05) is 91.0 Å². The van der Waals surface area contributed by atoms with Gasteiger partial charge in [-0.05, 0) is 22.8 Å². The SMILES string of the molecule is COC(=O)C(C(C(=O)OC)c1c(N)[nH]c(=O)[nH]c1=O)=P(c1ccccc1)(c1ccccc1)c1ccccc1. The van der Waals surface area contributed by atoms with Crippen molar-refractivity contribution in [1.29, 1.82) is 0 Å². The Labute approximate surface area is 218 Å². The number of nitrogens with one attached hydrogen (secondary N) is 2. The lowest BCUT2D eigenvalue weighted by Crippen LogP contribution is -2.42. The van der Waals surface area contributed by atoms with E-state index in [1.54, 1.807) is 0 Å². The lowest BCUT2D eigenvalue weighted by molar-refractivity contribution is -0.142. The Hall–Kier alpha value is -4.62. The molecule has 0 aliphatic carbocycles. The number of ether oxygens (including phenoxy) is 2. The molecule has 1 heterocycles. The Morgan fingerprint density at radius 3 is 1.55 bits per heavy atom. The number of hydrogen-bond acceptors (Lipinski definition) is 7. The summed E-state index contributed by atoms with van der Waals surface area (Å²) in [6.45, 7) is -3.24. The minimum Gasteiger partial charge on any atom is -0.468 e. The first-order valence-corrected chi connectivity index (χ1v) is 13.4. The Balaban J connectivity index is 2.39. The third kappa shape index (κ3) is 4.60. The Morgan fingerprint density at radius 1 is 0.737 bits per heavy atom. The number of aromatic nitrogens is 2. The summed E-state index contributed by atoms with van der Waals surface area (Å²) in [7, 11) is 2.35. The molecule has 0 bridgehead atoms. The third-order valence-electron chi connectivity index (χ3n) is 6.20. The van der Waals surface area contributed by atoms with Gasteiger partial charge >= 0.3 is 17.6 Å². The molecule has 0 aliphatic rings. The van der Waals surface area contributed by atoms with Crippen LogP contribution in [0.15, 0.2) is 101 Å². The van der Waals surface area contributed by atoms with Crippen molar-refractivity contribution in [2.75, 3.05) is 20.0 Å². The fourth-order valence-corrected chi connectivity index (χ4v) is 9.23. The van der Waals surface area contributed by atoms with Crippen molar-refractivity contribution in [3.8, 4) is 0 Å². The van der Waals surface area contributed by atoms with E-state index in [0.29, 0.717) is 0 Å². The summed E-state index contributed by atoms with van der Waals surface area (Å²) in [5, 5.41) is 2.16. The van der Waals surface area contributed by atoms with E-state index in [0.717, 1.165) is 23.0 Å². The largest absolute Gasteiger partial charge is 0.468 e. The van der Waals surface area contributed by atoms with Gasteiger partial charge in [0.2, 0.25) is 0 Å². The minimum absolute atomic E-state index is 0.0281. The number of hydrogen-bond donors (Lipinski definition) is 3. The van der Waals surface area contributed by atoms with Crippen LogP contribution in [0.2, 0.25) is 0 Å². The van der Waals surface area contributed by atoms with Gasteiger partial charge in [0.05, 0.1) is 25.1 Å². The second-order valence-electron chi connectivity index (χ2n) is 8.25. The van der Waals surface area contributed by atoms with E-state index >= 15 is 0 Å². The van der Waals surface area contributed by atoms with Gasteiger partial charge in [0.15, 0.2) is 0 Å². The number of H-pyrrole nitrogens is 2. The van der Waals surface area contributed by atoms with Crippen molar-refractivity contribution in [2.24, 2.45) is 0 Å². The van der Waals surface area contributed by atoms with E-state index < -0.39 is 36.0 Å². The highest BCUT2D eigenvalue weighted by Gasteiger charge is 2.43. The molecule has 4 N–H and O–H groups in total. The second-order valence-corrected chi connectivity index (χ2v) is 11.6. The van der Waals surface area contributed by atoms with E-state index in [1.807, 2.05) is 91.0 Å². The highest BCUT2D eigenvalue weighted by atomic mass is 31.2. The zero-order valence-electron chi connectivity index (χ0n) is 20.7. The van der Waals surface area contributed by atoms with E-state index in [2.05, 4.69) is 9.97 Å². The molecule has 9 nitrogen and oxygen atoms in total. The third-order valence-corrected chi connectivity index (χ3v) is 10.6. The van der Waals surface area contributed by atoms with Crippen molar-refractivity contribution in [1.82, 2.24) is 9.97 Å². The Bertz CT molecular complexity index is 1530.